The van der Waals surface area contributed by atoms with Crippen molar-refractivity contribution in [1.82, 2.24) is 4.90 Å². The van der Waals surface area contributed by atoms with Crippen LogP contribution < -0.4 is 10.1 Å². The predicted octanol–water partition coefficient (Wildman–Crippen LogP) is 3.36. The summed E-state index contributed by atoms with van der Waals surface area (Å²) in [5.74, 6) is 0.0812. The fourth-order valence-electron chi connectivity index (χ4n) is 3.69. The summed E-state index contributed by atoms with van der Waals surface area (Å²) in [7, 11) is 1.52. The Kier molecular flexibility index (Phi) is 3.69. The van der Waals surface area contributed by atoms with Crippen LogP contribution in [0, 0.1) is 5.82 Å². The monoisotopic (exact) mass is 312 g/mol. The van der Waals surface area contributed by atoms with Crippen LogP contribution in [0.5, 0.6) is 5.75 Å². The van der Waals surface area contributed by atoms with Crippen LogP contribution in [0.4, 0.5) is 10.1 Å². The van der Waals surface area contributed by atoms with Crippen molar-refractivity contribution in [2.24, 2.45) is 0 Å². The summed E-state index contributed by atoms with van der Waals surface area (Å²) >= 11 is 0. The van der Waals surface area contributed by atoms with Gasteiger partial charge in [-0.25, -0.2) is 4.39 Å². The van der Waals surface area contributed by atoms with Crippen molar-refractivity contribution in [3.8, 4) is 5.75 Å². The molecule has 2 heterocycles. The maximum Gasteiger partial charge on any atom is 0.165 e. The molecule has 4 heteroatoms. The Morgan fingerprint density at radius 3 is 2.96 bits per heavy atom. The largest absolute Gasteiger partial charge is 0.494 e. The van der Waals surface area contributed by atoms with Gasteiger partial charge in [-0.15, -0.1) is 0 Å². The number of methoxy groups -OCH3 is 1. The molecule has 2 aromatic rings. The van der Waals surface area contributed by atoms with E-state index in [1.165, 1.54) is 29.5 Å². The lowest BCUT2D eigenvalue weighted by Gasteiger charge is -2.29. The van der Waals surface area contributed by atoms with Crippen LogP contribution in [0.1, 0.15) is 22.3 Å². The zero-order valence-electron chi connectivity index (χ0n) is 13.4. The van der Waals surface area contributed by atoms with Gasteiger partial charge in [0.1, 0.15) is 0 Å². The number of nitrogens with one attached hydrogen (secondary N) is 1. The number of fused-ring (bicyclic) bond motifs is 2. The van der Waals surface area contributed by atoms with Crippen LogP contribution in [0.3, 0.4) is 0 Å². The van der Waals surface area contributed by atoms with E-state index in [2.05, 4.69) is 28.4 Å². The standard InChI is InChI=1S/C19H21FN2O/c1-23-18-10-14-6-8-22(12-16(14)9-17(18)20)11-15-4-2-3-13-5-7-21-19(13)15/h2-4,9-10,21H,5-8,11-12H2,1H3. The third-order valence-corrected chi connectivity index (χ3v) is 4.89. The van der Waals surface area contributed by atoms with Gasteiger partial charge in [0, 0.05) is 31.9 Å². The second-order valence-electron chi connectivity index (χ2n) is 6.34. The molecule has 0 aliphatic carbocycles. The highest BCUT2D eigenvalue weighted by Gasteiger charge is 2.21. The molecule has 0 spiro atoms. The Labute approximate surface area is 136 Å². The lowest BCUT2D eigenvalue weighted by Crippen LogP contribution is -2.30. The molecule has 2 aliphatic rings. The molecule has 0 radical (unpaired) electrons. The van der Waals surface area contributed by atoms with Crippen LogP contribution in [0.25, 0.3) is 0 Å². The molecular weight excluding hydrogens is 291 g/mol. The van der Waals surface area contributed by atoms with Crippen LogP contribution in [0.2, 0.25) is 0 Å². The summed E-state index contributed by atoms with van der Waals surface area (Å²) in [4.78, 5) is 2.39. The van der Waals surface area contributed by atoms with E-state index in [-0.39, 0.29) is 5.82 Å². The second-order valence-corrected chi connectivity index (χ2v) is 6.34. The van der Waals surface area contributed by atoms with Gasteiger partial charge in [0.2, 0.25) is 0 Å². The number of nitrogens with zero attached hydrogens (tertiary/aromatic N) is 1. The van der Waals surface area contributed by atoms with Crippen LogP contribution in [-0.4, -0.2) is 25.1 Å². The molecule has 2 aromatic carbocycles. The fraction of sp³-hybridized carbons (Fsp3) is 0.368. The van der Waals surface area contributed by atoms with Gasteiger partial charge in [-0.1, -0.05) is 18.2 Å². The molecule has 3 nitrogen and oxygen atoms in total. The lowest BCUT2D eigenvalue weighted by molar-refractivity contribution is 0.244. The zero-order valence-corrected chi connectivity index (χ0v) is 13.4. The summed E-state index contributed by atoms with van der Waals surface area (Å²) in [6, 6.07) is 10.0. The third kappa shape index (κ3) is 2.68. The van der Waals surface area contributed by atoms with Crippen LogP contribution >= 0.6 is 0 Å². The van der Waals surface area contributed by atoms with E-state index < -0.39 is 0 Å². The van der Waals surface area contributed by atoms with Gasteiger partial charge in [-0.05, 0) is 47.2 Å². The fourth-order valence-corrected chi connectivity index (χ4v) is 3.69. The molecule has 0 fully saturated rings. The minimum absolute atomic E-state index is 0.268. The highest BCUT2D eigenvalue weighted by atomic mass is 19.1. The lowest BCUT2D eigenvalue weighted by atomic mass is 9.98. The van der Waals surface area contributed by atoms with E-state index in [9.17, 15) is 4.39 Å². The number of anilines is 1. The van der Waals surface area contributed by atoms with E-state index in [4.69, 9.17) is 4.74 Å². The van der Waals surface area contributed by atoms with E-state index in [1.807, 2.05) is 6.07 Å². The van der Waals surface area contributed by atoms with Gasteiger partial charge >= 0.3 is 0 Å². The molecule has 0 atom stereocenters. The average molecular weight is 312 g/mol. The summed E-state index contributed by atoms with van der Waals surface area (Å²) in [5.41, 5.74) is 6.35. The average Bonchev–Trinajstić information content (AvgIpc) is 3.04. The Hall–Kier alpha value is -2.07. The summed E-state index contributed by atoms with van der Waals surface area (Å²) < 4.78 is 19.0. The SMILES string of the molecule is COc1cc2c(cc1F)CN(Cc1cccc3c1NCC3)CC2. The highest BCUT2D eigenvalue weighted by Crippen LogP contribution is 2.30. The third-order valence-electron chi connectivity index (χ3n) is 4.89. The molecule has 120 valence electrons. The van der Waals surface area contributed by atoms with Gasteiger partial charge in [-0.3, -0.25) is 4.90 Å². The molecule has 23 heavy (non-hydrogen) atoms. The molecule has 0 amide bonds. The molecule has 0 bridgehead atoms. The number of rotatable bonds is 3. The Bertz CT molecular complexity index is 744. The predicted molar refractivity (Wildman–Crippen MR) is 89.4 cm³/mol. The molecule has 0 saturated heterocycles. The van der Waals surface area contributed by atoms with Gasteiger partial charge in [-0.2, -0.15) is 0 Å². The quantitative estimate of drug-likeness (QED) is 0.940. The van der Waals surface area contributed by atoms with Gasteiger partial charge in [0.25, 0.3) is 0 Å². The summed E-state index contributed by atoms with van der Waals surface area (Å²) in [6.45, 7) is 3.72. The van der Waals surface area contributed by atoms with Crippen molar-refractivity contribution in [2.75, 3.05) is 25.5 Å². The number of halogens is 1. The van der Waals surface area contributed by atoms with E-state index in [0.717, 1.165) is 44.6 Å². The molecule has 1 N–H and O–H groups in total. The minimum atomic E-state index is -0.268. The van der Waals surface area contributed by atoms with Crippen LogP contribution in [0.15, 0.2) is 30.3 Å². The van der Waals surface area contributed by atoms with Gasteiger partial charge in [0.15, 0.2) is 11.6 Å². The maximum absolute atomic E-state index is 14.0. The number of hydrogen-bond acceptors (Lipinski definition) is 3. The molecule has 2 aliphatic heterocycles. The molecule has 0 aromatic heterocycles. The second kappa shape index (κ2) is 5.85. The first kappa shape index (κ1) is 14.5. The summed E-state index contributed by atoms with van der Waals surface area (Å²) in [5, 5.41) is 3.50. The first-order chi connectivity index (χ1) is 11.2. The first-order valence-corrected chi connectivity index (χ1v) is 8.17. The van der Waals surface area contributed by atoms with Gasteiger partial charge < -0.3 is 10.1 Å². The van der Waals surface area contributed by atoms with Gasteiger partial charge in [0.05, 0.1) is 7.11 Å². The van der Waals surface area contributed by atoms with Crippen molar-refractivity contribution in [1.29, 1.82) is 0 Å². The van der Waals surface area contributed by atoms with Crippen molar-refractivity contribution < 1.29 is 9.13 Å². The van der Waals surface area contributed by atoms with E-state index in [1.54, 1.807) is 6.07 Å². The normalized spacial score (nSPS) is 16.6. The molecular formula is C19H21FN2O. The van der Waals surface area contributed by atoms with Crippen LogP contribution in [-0.2, 0) is 25.9 Å². The van der Waals surface area contributed by atoms with Crippen molar-refractivity contribution in [3.05, 3.63) is 58.4 Å². The summed E-state index contributed by atoms with van der Waals surface area (Å²) in [6.07, 6.45) is 2.05. The topological polar surface area (TPSA) is 24.5 Å². The van der Waals surface area contributed by atoms with Crippen molar-refractivity contribution >= 4 is 5.69 Å². The minimum Gasteiger partial charge on any atom is -0.494 e. The highest BCUT2D eigenvalue weighted by molar-refractivity contribution is 5.61. The molecule has 0 unspecified atom stereocenters. The van der Waals surface area contributed by atoms with Crippen molar-refractivity contribution in [2.45, 2.75) is 25.9 Å². The number of hydrogen-bond donors (Lipinski definition) is 1. The van der Waals surface area contributed by atoms with E-state index >= 15 is 0 Å². The number of benzene rings is 2. The Morgan fingerprint density at radius 1 is 1.17 bits per heavy atom. The Morgan fingerprint density at radius 2 is 2.09 bits per heavy atom. The molecule has 4 rings (SSSR count). The Balaban J connectivity index is 1.55. The first-order valence-electron chi connectivity index (χ1n) is 8.17. The molecule has 0 saturated carbocycles. The van der Waals surface area contributed by atoms with Crippen molar-refractivity contribution in [3.63, 3.8) is 0 Å². The maximum atomic E-state index is 14.0. The smallest absolute Gasteiger partial charge is 0.165 e. The van der Waals surface area contributed by atoms with E-state index in [0.29, 0.717) is 5.75 Å². The number of ether oxygens (including phenoxy) is 1. The zero-order chi connectivity index (χ0) is 15.8. The number of para-hydroxylation sites is 1.